The molecule has 0 saturated heterocycles. The maximum atomic E-state index is 4.22. The van der Waals surface area contributed by atoms with Gasteiger partial charge in [0.2, 0.25) is 0 Å². The van der Waals surface area contributed by atoms with Gasteiger partial charge in [0.25, 0.3) is 0 Å². The first-order chi connectivity index (χ1) is 30.1. The second kappa shape index (κ2) is 14.9. The Hall–Kier alpha value is -7.10. The van der Waals surface area contributed by atoms with E-state index in [1.54, 1.807) is 0 Å². The fourth-order valence-electron chi connectivity index (χ4n) is 9.79. The van der Waals surface area contributed by atoms with Gasteiger partial charge in [-0.1, -0.05) is 105 Å². The molecule has 4 aliphatic rings. The van der Waals surface area contributed by atoms with Crippen LogP contribution >= 0.6 is 11.3 Å². The molecule has 5 aromatic carbocycles. The summed E-state index contributed by atoms with van der Waals surface area (Å²) in [5, 5.41) is 6.41. The fraction of sp³-hybridized carbons (Fsp3) is 0.105. The molecule has 0 unspecified atom stereocenters. The van der Waals surface area contributed by atoms with E-state index in [1.807, 2.05) is 31.3 Å². The number of hydrogen-bond donors (Lipinski definition) is 0. The van der Waals surface area contributed by atoms with Crippen molar-refractivity contribution in [2.24, 2.45) is 0 Å². The zero-order valence-electron chi connectivity index (χ0n) is 34.7. The van der Waals surface area contributed by atoms with Crippen LogP contribution in [0.3, 0.4) is 0 Å². The Morgan fingerprint density at radius 1 is 0.672 bits per heavy atom. The minimum absolute atomic E-state index is 0.928. The molecule has 8 aromatic rings. The van der Waals surface area contributed by atoms with Crippen LogP contribution < -0.4 is 0 Å². The number of thiophene rings is 1. The Morgan fingerprint density at radius 3 is 2.15 bits per heavy atom. The Balaban J connectivity index is 0.00000207. The summed E-state index contributed by atoms with van der Waals surface area (Å²) in [7, 11) is 0. The van der Waals surface area contributed by atoms with Crippen LogP contribution in [0.2, 0.25) is 0 Å². The van der Waals surface area contributed by atoms with E-state index in [0.29, 0.717) is 0 Å². The molecule has 0 radical (unpaired) electrons. The summed E-state index contributed by atoms with van der Waals surface area (Å²) in [5.74, 6) is 0. The maximum absolute atomic E-state index is 4.22. The molecule has 0 fully saturated rings. The topological polar surface area (TPSA) is 13.1 Å². The smallest absolute Gasteiger partial charge is 0.0894 e. The molecule has 0 atom stereocenters. The van der Waals surface area contributed by atoms with Crippen LogP contribution in [0.25, 0.3) is 75.9 Å². The van der Waals surface area contributed by atoms with Crippen LogP contribution in [0.4, 0.5) is 0 Å². The van der Waals surface area contributed by atoms with E-state index in [4.69, 9.17) is 0 Å². The van der Waals surface area contributed by atoms with Crippen molar-refractivity contribution in [3.05, 3.63) is 221 Å². The van der Waals surface area contributed by atoms with E-state index in [9.17, 15) is 0 Å². The molecule has 294 valence electrons. The molecular weight excluding hydrogens is 759 g/mol. The summed E-state index contributed by atoms with van der Waals surface area (Å²) in [6.07, 6.45) is 27.0. The molecule has 3 aromatic heterocycles. The van der Waals surface area contributed by atoms with Crippen molar-refractivity contribution in [3.8, 4) is 11.4 Å². The highest BCUT2D eigenvalue weighted by molar-refractivity contribution is 7.25. The predicted octanol–water partition coefficient (Wildman–Crippen LogP) is 15.6. The average molecular weight is 804 g/mol. The third-order valence-corrected chi connectivity index (χ3v) is 13.7. The van der Waals surface area contributed by atoms with Crippen molar-refractivity contribution in [2.75, 3.05) is 0 Å². The van der Waals surface area contributed by atoms with Gasteiger partial charge in [-0.15, -0.1) is 11.3 Å². The van der Waals surface area contributed by atoms with Gasteiger partial charge in [-0.05, 0) is 140 Å². The molecule has 0 spiro atoms. The van der Waals surface area contributed by atoms with Crippen LogP contribution in [0.1, 0.15) is 50.4 Å². The second-order valence-electron chi connectivity index (χ2n) is 15.8. The van der Waals surface area contributed by atoms with Gasteiger partial charge in [0.05, 0.1) is 27.9 Å². The van der Waals surface area contributed by atoms with Crippen LogP contribution in [0.15, 0.2) is 204 Å². The summed E-state index contributed by atoms with van der Waals surface area (Å²) in [6, 6.07) is 38.7. The van der Waals surface area contributed by atoms with Crippen LogP contribution in [0, 0.1) is 0 Å². The van der Waals surface area contributed by atoms with Gasteiger partial charge < -0.3 is 14.0 Å². The largest absolute Gasteiger partial charge is 0.310 e. The number of rotatable bonds is 5. The minimum atomic E-state index is 0.928. The van der Waals surface area contributed by atoms with Gasteiger partial charge in [0, 0.05) is 64.7 Å². The number of nitrogens with zero attached hydrogens (tertiary/aromatic N) is 3. The van der Waals surface area contributed by atoms with E-state index in [1.165, 1.54) is 97.9 Å². The predicted molar refractivity (Wildman–Crippen MR) is 263 cm³/mol. The van der Waals surface area contributed by atoms with Crippen molar-refractivity contribution in [2.45, 2.75) is 40.0 Å². The first-order valence-electron chi connectivity index (χ1n) is 21.5. The number of benzene rings is 5. The van der Waals surface area contributed by atoms with Gasteiger partial charge >= 0.3 is 0 Å². The van der Waals surface area contributed by atoms with Gasteiger partial charge in [0.1, 0.15) is 0 Å². The summed E-state index contributed by atoms with van der Waals surface area (Å²) >= 11 is 1.87. The van der Waals surface area contributed by atoms with Gasteiger partial charge in [-0.2, -0.15) is 0 Å². The lowest BCUT2D eigenvalue weighted by atomic mass is 9.94. The normalized spacial score (nSPS) is 15.8. The molecule has 0 saturated carbocycles. The molecule has 12 rings (SSSR count). The molecule has 61 heavy (non-hydrogen) atoms. The van der Waals surface area contributed by atoms with Gasteiger partial charge in [-0.25, -0.2) is 0 Å². The summed E-state index contributed by atoms with van der Waals surface area (Å²) in [4.78, 5) is 2.35. The average Bonchev–Trinajstić information content (AvgIpc) is 3.78. The van der Waals surface area contributed by atoms with Crippen LogP contribution in [-0.2, 0) is 6.42 Å². The quantitative estimate of drug-likeness (QED) is 0.158. The van der Waals surface area contributed by atoms with E-state index in [0.717, 1.165) is 36.2 Å². The Morgan fingerprint density at radius 2 is 1.36 bits per heavy atom. The molecule has 4 heterocycles. The maximum Gasteiger partial charge on any atom is 0.0894 e. The van der Waals surface area contributed by atoms with Crippen molar-refractivity contribution >= 4 is 75.9 Å². The molecule has 4 heteroatoms. The Bertz CT molecular complexity index is 3480. The standard InChI is InChI=1S/C55H39N3S.C2H6/c1-3-49-35(2)36-14-7-8-16-39(30-36)56(49)40-17-13-15-37(31-40)38-24-27-53-46(32-38)45-20-10-12-23-52(45)58(53)42-26-29-55-48(34-42)47-33-41(25-28-54(47)59-55)57-50-21-6-4-5-18-43(50)44-19-9-11-22-51(44)57;1-2/h3-12,14-16,19-29,31-34H,1,13,17-18H2,2H3;1-2H3. The van der Waals surface area contributed by atoms with Gasteiger partial charge in [-0.3, -0.25) is 0 Å². The molecule has 1 aliphatic heterocycles. The first kappa shape index (κ1) is 36.9. The highest BCUT2D eigenvalue weighted by atomic mass is 32.1. The molecule has 3 nitrogen and oxygen atoms in total. The highest BCUT2D eigenvalue weighted by Gasteiger charge is 2.25. The lowest BCUT2D eigenvalue weighted by Gasteiger charge is -2.33. The molecule has 3 aliphatic carbocycles. The number of hydrogen-bond acceptors (Lipinski definition) is 2. The number of para-hydroxylation sites is 2. The lowest BCUT2D eigenvalue weighted by Crippen LogP contribution is -2.24. The number of aromatic nitrogens is 2. The van der Waals surface area contributed by atoms with Crippen molar-refractivity contribution in [1.29, 1.82) is 0 Å². The molecular formula is C57H45N3S. The Labute approximate surface area is 360 Å². The van der Waals surface area contributed by atoms with Crippen LogP contribution in [-0.4, -0.2) is 14.0 Å². The summed E-state index contributed by atoms with van der Waals surface area (Å²) in [6.45, 7) is 10.4. The summed E-state index contributed by atoms with van der Waals surface area (Å²) in [5.41, 5.74) is 20.6. The van der Waals surface area contributed by atoms with E-state index >= 15 is 0 Å². The van der Waals surface area contributed by atoms with Gasteiger partial charge in [0.15, 0.2) is 0 Å². The monoisotopic (exact) mass is 803 g/mol. The SMILES string of the molecule is C=CC1=C(C)C2=C=C(C=CC=C2)N1C1=CC(c2ccc3c(c2)c2ccccc2n3-c2ccc3sc4ccc(-n5c6c(c7ccccc75)CC=CC=C6)cc4c3c2)=CCC1.CC. The van der Waals surface area contributed by atoms with E-state index < -0.39 is 0 Å². The first-order valence-corrected chi connectivity index (χ1v) is 22.3. The summed E-state index contributed by atoms with van der Waals surface area (Å²) < 4.78 is 7.50. The zero-order chi connectivity index (χ0) is 41.2. The molecule has 0 amide bonds. The molecule has 0 N–H and O–H groups in total. The lowest BCUT2D eigenvalue weighted by molar-refractivity contribution is 0.522. The molecule has 2 bridgehead atoms. The number of fused-ring (bicyclic) bond motifs is 9. The Kier molecular flexibility index (Phi) is 9.00. The van der Waals surface area contributed by atoms with Crippen molar-refractivity contribution < 1.29 is 0 Å². The minimum Gasteiger partial charge on any atom is -0.310 e. The zero-order valence-corrected chi connectivity index (χ0v) is 35.6. The highest BCUT2D eigenvalue weighted by Crippen LogP contribution is 2.42. The third-order valence-electron chi connectivity index (χ3n) is 12.5. The van der Waals surface area contributed by atoms with Crippen molar-refractivity contribution in [1.82, 2.24) is 14.0 Å². The van der Waals surface area contributed by atoms with Crippen LogP contribution in [0.5, 0.6) is 0 Å². The second-order valence-corrected chi connectivity index (χ2v) is 16.9. The number of allylic oxidation sites excluding steroid dienone is 13. The van der Waals surface area contributed by atoms with E-state index in [2.05, 4.69) is 197 Å². The fourth-order valence-corrected chi connectivity index (χ4v) is 10.9. The third kappa shape index (κ3) is 5.86. The van der Waals surface area contributed by atoms with Crippen molar-refractivity contribution in [3.63, 3.8) is 0 Å². The van der Waals surface area contributed by atoms with E-state index in [-0.39, 0.29) is 0 Å².